The fraction of sp³-hybridized carbons (Fsp3) is 0.889. The van der Waals surface area contributed by atoms with Crippen molar-refractivity contribution in [1.29, 1.82) is 0 Å². The van der Waals surface area contributed by atoms with Crippen LogP contribution >= 0.6 is 0 Å². The molecule has 0 radical (unpaired) electrons. The van der Waals surface area contributed by atoms with Crippen LogP contribution in [0.2, 0.25) is 18.1 Å². The van der Waals surface area contributed by atoms with Crippen LogP contribution < -0.4 is 18.9 Å². The monoisotopic (exact) mass is 164 g/mol. The standard InChI is InChI=1S/C9H21Si.Li/c1-7-8-10(5,6)9(2,3)4;/h8H,7H2,1-6H3;/q-1;+1. The normalized spacial score (nSPS) is 12.5. The Morgan fingerprint density at radius 2 is 1.55 bits per heavy atom. The second-order valence-electron chi connectivity index (χ2n) is 4.58. The van der Waals surface area contributed by atoms with Gasteiger partial charge in [-0.1, -0.05) is 53.9 Å². The summed E-state index contributed by atoms with van der Waals surface area (Å²) in [5.74, 6) is 0. The molecule has 0 N–H and O–H groups in total. The third kappa shape index (κ3) is 4.40. The minimum Gasteiger partial charge on any atom is -0.327 e. The Hall–Kier alpha value is 0.814. The van der Waals surface area contributed by atoms with Gasteiger partial charge in [0.05, 0.1) is 0 Å². The summed E-state index contributed by atoms with van der Waals surface area (Å²) < 4.78 is 0. The van der Waals surface area contributed by atoms with Crippen molar-refractivity contribution in [2.24, 2.45) is 0 Å². The summed E-state index contributed by atoms with van der Waals surface area (Å²) in [6, 6.07) is 2.53. The van der Waals surface area contributed by atoms with E-state index in [4.69, 9.17) is 0 Å². The van der Waals surface area contributed by atoms with Crippen molar-refractivity contribution in [3.05, 3.63) is 6.04 Å². The van der Waals surface area contributed by atoms with Crippen LogP contribution in [0.3, 0.4) is 0 Å². The molecule has 0 heterocycles. The molecular formula is C9H21LiSi. The Labute approximate surface area is 85.3 Å². The van der Waals surface area contributed by atoms with Gasteiger partial charge in [-0.3, -0.25) is 0 Å². The van der Waals surface area contributed by atoms with Crippen LogP contribution in [0, 0.1) is 6.04 Å². The van der Waals surface area contributed by atoms with E-state index in [-0.39, 0.29) is 18.9 Å². The molecule has 0 rings (SSSR count). The van der Waals surface area contributed by atoms with Crippen molar-refractivity contribution >= 4 is 8.07 Å². The van der Waals surface area contributed by atoms with E-state index in [9.17, 15) is 0 Å². The van der Waals surface area contributed by atoms with Crippen molar-refractivity contribution < 1.29 is 18.9 Å². The molecule has 0 aromatic carbocycles. The van der Waals surface area contributed by atoms with Crippen molar-refractivity contribution in [1.82, 2.24) is 0 Å². The van der Waals surface area contributed by atoms with E-state index in [1.807, 2.05) is 0 Å². The molecule has 0 atom stereocenters. The largest absolute Gasteiger partial charge is 1.00 e. The molecule has 2 heteroatoms. The number of hydrogen-bond donors (Lipinski definition) is 0. The second-order valence-corrected chi connectivity index (χ2v) is 9.94. The van der Waals surface area contributed by atoms with Crippen LogP contribution in [0.4, 0.5) is 0 Å². The van der Waals surface area contributed by atoms with Crippen LogP contribution in [0.5, 0.6) is 0 Å². The van der Waals surface area contributed by atoms with Gasteiger partial charge < -0.3 is 6.04 Å². The molecule has 0 aliphatic rings. The Kier molecular flexibility index (Phi) is 6.19. The van der Waals surface area contributed by atoms with Gasteiger partial charge in [-0.2, -0.15) is 6.42 Å². The maximum absolute atomic E-state index is 2.53. The first kappa shape index (κ1) is 14.3. The molecule has 62 valence electrons. The first-order chi connectivity index (χ1) is 4.31. The third-order valence-electron chi connectivity index (χ3n) is 2.65. The fourth-order valence-corrected chi connectivity index (χ4v) is 2.45. The molecule has 0 aromatic heterocycles. The molecule has 0 fully saturated rings. The van der Waals surface area contributed by atoms with Gasteiger partial charge in [0.15, 0.2) is 0 Å². The maximum atomic E-state index is 2.53. The zero-order valence-corrected chi connectivity index (χ0v) is 10.3. The summed E-state index contributed by atoms with van der Waals surface area (Å²) in [5, 5.41) is 0.531. The van der Waals surface area contributed by atoms with Crippen LogP contribution in [0.1, 0.15) is 34.1 Å². The first-order valence-electron chi connectivity index (χ1n) is 4.15. The molecule has 0 saturated carbocycles. The predicted molar refractivity (Wildman–Crippen MR) is 51.8 cm³/mol. The van der Waals surface area contributed by atoms with E-state index in [1.165, 1.54) is 6.42 Å². The van der Waals surface area contributed by atoms with Gasteiger partial charge in [0, 0.05) is 0 Å². The average molecular weight is 164 g/mol. The average Bonchev–Trinajstić information content (AvgIpc) is 1.61. The van der Waals surface area contributed by atoms with Crippen molar-refractivity contribution in [2.75, 3.05) is 0 Å². The minimum atomic E-state index is -1.03. The van der Waals surface area contributed by atoms with Crippen LogP contribution in [0.15, 0.2) is 0 Å². The SMILES string of the molecule is CC[CH-][Si](C)(C)C(C)(C)C.[Li+]. The molecule has 0 aromatic rings. The summed E-state index contributed by atoms with van der Waals surface area (Å²) in [5.41, 5.74) is 0. The zero-order chi connectivity index (χ0) is 8.41. The van der Waals surface area contributed by atoms with Crippen molar-refractivity contribution in [2.45, 2.75) is 52.2 Å². The van der Waals surface area contributed by atoms with E-state index in [0.29, 0.717) is 5.04 Å². The molecule has 0 aliphatic carbocycles. The van der Waals surface area contributed by atoms with E-state index in [2.05, 4.69) is 46.8 Å². The molecule has 0 bridgehead atoms. The Morgan fingerprint density at radius 3 is 1.64 bits per heavy atom. The van der Waals surface area contributed by atoms with Gasteiger partial charge >= 0.3 is 18.9 Å². The molecule has 11 heavy (non-hydrogen) atoms. The Balaban J connectivity index is 0. The van der Waals surface area contributed by atoms with Crippen molar-refractivity contribution in [3.63, 3.8) is 0 Å². The third-order valence-corrected chi connectivity index (χ3v) is 7.94. The molecular weight excluding hydrogens is 143 g/mol. The topological polar surface area (TPSA) is 0 Å². The fourth-order valence-electron chi connectivity index (χ4n) is 0.816. The number of rotatable bonds is 2. The van der Waals surface area contributed by atoms with Gasteiger partial charge in [-0.15, -0.1) is 0 Å². The summed E-state index contributed by atoms with van der Waals surface area (Å²) in [4.78, 5) is 0. The summed E-state index contributed by atoms with van der Waals surface area (Å²) in [6.45, 7) is 14.2. The molecule has 0 saturated heterocycles. The van der Waals surface area contributed by atoms with Gasteiger partial charge in [-0.05, 0) is 0 Å². The molecule has 0 amide bonds. The smallest absolute Gasteiger partial charge is 0.327 e. The second kappa shape index (κ2) is 4.75. The Morgan fingerprint density at radius 1 is 1.18 bits per heavy atom. The van der Waals surface area contributed by atoms with E-state index in [0.717, 1.165) is 0 Å². The van der Waals surface area contributed by atoms with Gasteiger partial charge in [-0.25, -0.2) is 0 Å². The molecule has 0 spiro atoms. The minimum absolute atomic E-state index is 0. The Bertz CT molecular complexity index is 103. The van der Waals surface area contributed by atoms with E-state index < -0.39 is 8.07 Å². The van der Waals surface area contributed by atoms with Crippen molar-refractivity contribution in [3.8, 4) is 0 Å². The van der Waals surface area contributed by atoms with Gasteiger partial charge in [0.2, 0.25) is 0 Å². The van der Waals surface area contributed by atoms with Gasteiger partial charge in [0.25, 0.3) is 0 Å². The first-order valence-corrected chi connectivity index (χ1v) is 7.23. The zero-order valence-electron chi connectivity index (χ0n) is 9.28. The quantitative estimate of drug-likeness (QED) is 0.415. The van der Waals surface area contributed by atoms with Gasteiger partial charge in [0.1, 0.15) is 0 Å². The van der Waals surface area contributed by atoms with Crippen LogP contribution in [0.25, 0.3) is 0 Å². The van der Waals surface area contributed by atoms with Crippen LogP contribution in [-0.2, 0) is 0 Å². The summed E-state index contributed by atoms with van der Waals surface area (Å²) in [6.07, 6.45) is 1.23. The molecule has 0 aliphatic heterocycles. The summed E-state index contributed by atoms with van der Waals surface area (Å²) >= 11 is 0. The summed E-state index contributed by atoms with van der Waals surface area (Å²) in [7, 11) is -1.03. The predicted octanol–water partition coefficient (Wildman–Crippen LogP) is 0.652. The molecule has 0 unspecified atom stereocenters. The number of hydrogen-bond acceptors (Lipinski definition) is 0. The maximum Gasteiger partial charge on any atom is 1.00 e. The van der Waals surface area contributed by atoms with Crippen LogP contribution in [-0.4, -0.2) is 8.07 Å². The van der Waals surface area contributed by atoms with E-state index >= 15 is 0 Å². The molecule has 0 nitrogen and oxygen atoms in total. The van der Waals surface area contributed by atoms with E-state index in [1.54, 1.807) is 0 Å².